The van der Waals surface area contributed by atoms with Crippen molar-refractivity contribution in [3.63, 3.8) is 0 Å². The van der Waals surface area contributed by atoms with Crippen LogP contribution in [0.3, 0.4) is 0 Å². The maximum absolute atomic E-state index is 9.58. The Labute approximate surface area is 378 Å². The number of hydrogen-bond acceptors (Lipinski definition) is 2. The van der Waals surface area contributed by atoms with Gasteiger partial charge < -0.3 is 13.9 Å². The minimum Gasteiger partial charge on any atom is -0.456 e. The van der Waals surface area contributed by atoms with Crippen LogP contribution in [0.5, 0.6) is 0 Å². The van der Waals surface area contributed by atoms with Gasteiger partial charge in [-0.3, -0.25) is 0 Å². The van der Waals surface area contributed by atoms with Crippen molar-refractivity contribution in [2.24, 2.45) is 0 Å². The van der Waals surface area contributed by atoms with Crippen molar-refractivity contribution < 1.29 is 29.1 Å². The molecule has 3 nitrogen and oxygen atoms in total. The van der Waals surface area contributed by atoms with Gasteiger partial charge in [-0.05, 0) is 129 Å². The fourth-order valence-electron chi connectivity index (χ4n) is 8.12. The first-order valence-corrected chi connectivity index (χ1v) is 19.4. The lowest BCUT2D eigenvalue weighted by atomic mass is 9.97. The minimum atomic E-state index is -0.860. The molecule has 2 heterocycles. The smallest absolute Gasteiger partial charge is 0.136 e. The zero-order chi connectivity index (χ0) is 55.9. The topological polar surface area (TPSA) is 21.3 Å². The molecular formula is C58H38N2O. The molecule has 12 rings (SSSR count). The number of nitrogens with zero attached hydrogens (tertiary/aromatic N) is 2. The third-order valence-electron chi connectivity index (χ3n) is 10.9. The number of aromatic nitrogens is 1. The summed E-state index contributed by atoms with van der Waals surface area (Å²) >= 11 is 0. The standard InChI is InChI=1S/C58H38N2O/c1-4-12-39(13-5-1)41-22-28-47(29-23-41)59(48-30-24-42(25-31-48)40-14-6-2-7-15-40)49-32-35-56-53(38-49)58-51-36-44(21-20-43(51)27-34-57(58)61-56)45-26-33-55-52(37-45)50-18-10-11-19-54(50)60(55)46-16-8-3-9-17-46/h1-38H/i1D,2D,4D,5D,6D,7D,12D,13D,14D,15D,22D,23D,24D,25D,28D,29D,30D,31D. The number of para-hydroxylation sites is 2. The Hall–Kier alpha value is -8.14. The van der Waals surface area contributed by atoms with Gasteiger partial charge >= 0.3 is 0 Å². The van der Waals surface area contributed by atoms with Crippen LogP contribution in [-0.2, 0) is 0 Å². The number of hydrogen-bond donors (Lipinski definition) is 0. The Bertz CT molecular complexity index is 4410. The van der Waals surface area contributed by atoms with Crippen molar-refractivity contribution in [3.05, 3.63) is 230 Å². The van der Waals surface area contributed by atoms with E-state index in [0.29, 0.717) is 21.9 Å². The summed E-state index contributed by atoms with van der Waals surface area (Å²) in [6.45, 7) is 0. The van der Waals surface area contributed by atoms with Crippen LogP contribution in [0.15, 0.2) is 235 Å². The van der Waals surface area contributed by atoms with Crippen molar-refractivity contribution in [3.8, 4) is 39.1 Å². The van der Waals surface area contributed by atoms with Gasteiger partial charge in [-0.25, -0.2) is 0 Å². The Morgan fingerprint density at radius 3 is 1.62 bits per heavy atom. The van der Waals surface area contributed by atoms with E-state index in [1.54, 1.807) is 18.2 Å². The summed E-state index contributed by atoms with van der Waals surface area (Å²) in [6, 6.07) is 24.4. The summed E-state index contributed by atoms with van der Waals surface area (Å²) < 4.78 is 169. The normalized spacial score (nSPS) is 15.7. The average molecular weight is 797 g/mol. The molecule has 0 aliphatic carbocycles. The molecular weight excluding hydrogens is 741 g/mol. The van der Waals surface area contributed by atoms with Gasteiger partial charge in [0.2, 0.25) is 0 Å². The largest absolute Gasteiger partial charge is 0.456 e. The van der Waals surface area contributed by atoms with E-state index in [1.165, 1.54) is 6.07 Å². The SMILES string of the molecule is [2H]c1c([2H])c([2H])c(-c2c([2H])c([2H])c(N(c3ccc4oc5ccc6ccc(-c7ccc8c(c7)c7ccccc7n8-c7ccccc7)cc6c5c4c3)c3c([2H])c([2H])c(-c4c([2H])c([2H])c([2H])c([2H])c4[2H])c([2H])c3[2H])c([2H])c2[2H])c([2H])c1[2H]. The molecule has 3 heteroatoms. The second-order valence-electron chi connectivity index (χ2n) is 14.4. The third-order valence-corrected chi connectivity index (χ3v) is 10.9. The number of fused-ring (bicyclic) bond motifs is 8. The maximum atomic E-state index is 9.58. The molecule has 61 heavy (non-hydrogen) atoms. The molecule has 0 unspecified atom stereocenters. The van der Waals surface area contributed by atoms with Gasteiger partial charge in [0.05, 0.1) is 35.7 Å². The lowest BCUT2D eigenvalue weighted by Gasteiger charge is -2.26. The Morgan fingerprint density at radius 2 is 0.934 bits per heavy atom. The lowest BCUT2D eigenvalue weighted by Crippen LogP contribution is -2.09. The summed E-state index contributed by atoms with van der Waals surface area (Å²) in [4.78, 5) is 1.01. The molecule has 0 amide bonds. The van der Waals surface area contributed by atoms with Gasteiger partial charge in [0.1, 0.15) is 11.2 Å². The van der Waals surface area contributed by atoms with Crippen LogP contribution in [0.4, 0.5) is 17.1 Å². The van der Waals surface area contributed by atoms with Crippen molar-refractivity contribution in [2.75, 3.05) is 4.90 Å². The van der Waals surface area contributed by atoms with Gasteiger partial charge in [-0.15, -0.1) is 0 Å². The Morgan fingerprint density at radius 1 is 0.377 bits per heavy atom. The summed E-state index contributed by atoms with van der Waals surface area (Å²) in [5.41, 5.74) is 1.97. The van der Waals surface area contributed by atoms with Crippen molar-refractivity contribution in [1.29, 1.82) is 0 Å². The highest BCUT2D eigenvalue weighted by atomic mass is 16.3. The minimum absolute atomic E-state index is 0.0173. The molecule has 286 valence electrons. The number of furan rings is 1. The first kappa shape index (κ1) is 21.2. The quantitative estimate of drug-likeness (QED) is 0.160. The van der Waals surface area contributed by atoms with Crippen LogP contribution in [0.1, 0.15) is 24.7 Å². The molecule has 0 atom stereocenters. The zero-order valence-electron chi connectivity index (χ0n) is 49.8. The summed E-state index contributed by atoms with van der Waals surface area (Å²) in [5.74, 6) is 0. The van der Waals surface area contributed by atoms with Crippen molar-refractivity contribution >= 4 is 71.6 Å². The molecule has 0 aliphatic heterocycles. The second kappa shape index (κ2) is 14.3. The molecule has 0 bridgehead atoms. The van der Waals surface area contributed by atoms with E-state index < -0.39 is 142 Å². The summed E-state index contributed by atoms with van der Waals surface area (Å²) in [7, 11) is 0. The fraction of sp³-hybridized carbons (Fsp3) is 0. The van der Waals surface area contributed by atoms with Crippen LogP contribution in [0.2, 0.25) is 0 Å². The maximum Gasteiger partial charge on any atom is 0.136 e. The first-order chi connectivity index (χ1) is 37.7. The zero-order valence-corrected chi connectivity index (χ0v) is 31.8. The molecule has 0 aliphatic rings. The molecule has 0 N–H and O–H groups in total. The number of benzene rings is 10. The second-order valence-corrected chi connectivity index (χ2v) is 14.4. The molecule has 0 saturated heterocycles. The molecule has 2 aromatic heterocycles. The van der Waals surface area contributed by atoms with Crippen LogP contribution in [0, 0.1) is 0 Å². The lowest BCUT2D eigenvalue weighted by molar-refractivity contribution is 0.669. The van der Waals surface area contributed by atoms with Gasteiger partial charge in [0, 0.05) is 44.3 Å². The fourth-order valence-corrected chi connectivity index (χ4v) is 8.12. The van der Waals surface area contributed by atoms with E-state index in [9.17, 15) is 11.0 Å². The number of rotatable bonds is 7. The molecule has 0 spiro atoms. The predicted molar refractivity (Wildman–Crippen MR) is 257 cm³/mol. The Kier molecular flexibility index (Phi) is 4.97. The Balaban J connectivity index is 1.11. The molecule has 12 aromatic rings. The number of anilines is 3. The van der Waals surface area contributed by atoms with E-state index in [4.69, 9.17) is 18.1 Å². The van der Waals surface area contributed by atoms with Crippen LogP contribution in [-0.4, -0.2) is 4.57 Å². The van der Waals surface area contributed by atoms with E-state index in [1.807, 2.05) is 54.6 Å². The molecule has 10 aromatic carbocycles. The van der Waals surface area contributed by atoms with E-state index in [-0.39, 0.29) is 5.69 Å². The molecule has 0 radical (unpaired) electrons. The molecule has 0 fully saturated rings. The van der Waals surface area contributed by atoms with Crippen LogP contribution >= 0.6 is 0 Å². The highest BCUT2D eigenvalue weighted by Gasteiger charge is 2.19. The highest BCUT2D eigenvalue weighted by Crippen LogP contribution is 2.43. The van der Waals surface area contributed by atoms with Gasteiger partial charge in [0.15, 0.2) is 0 Å². The van der Waals surface area contributed by atoms with Crippen LogP contribution < -0.4 is 4.90 Å². The predicted octanol–water partition coefficient (Wildman–Crippen LogP) is 16.3. The average Bonchev–Trinajstić information content (AvgIpc) is 4.05. The molecule has 0 saturated carbocycles. The summed E-state index contributed by atoms with van der Waals surface area (Å²) in [5, 5.41) is 4.76. The highest BCUT2D eigenvalue weighted by molar-refractivity contribution is 6.20. The van der Waals surface area contributed by atoms with Crippen molar-refractivity contribution in [2.45, 2.75) is 0 Å². The van der Waals surface area contributed by atoms with E-state index >= 15 is 0 Å². The van der Waals surface area contributed by atoms with Crippen molar-refractivity contribution in [1.82, 2.24) is 4.57 Å². The van der Waals surface area contributed by atoms with Gasteiger partial charge in [-0.2, -0.15) is 0 Å². The van der Waals surface area contributed by atoms with Crippen LogP contribution in [0.25, 0.3) is 93.6 Å². The summed E-state index contributed by atoms with van der Waals surface area (Å²) in [6.07, 6.45) is 0. The first-order valence-electron chi connectivity index (χ1n) is 28.4. The van der Waals surface area contributed by atoms with Gasteiger partial charge in [-0.1, -0.05) is 145 Å². The van der Waals surface area contributed by atoms with E-state index in [2.05, 4.69) is 47.0 Å². The van der Waals surface area contributed by atoms with E-state index in [0.717, 1.165) is 54.3 Å². The van der Waals surface area contributed by atoms with Gasteiger partial charge in [0.25, 0.3) is 0 Å². The monoisotopic (exact) mass is 796 g/mol. The third kappa shape index (κ3) is 5.98.